The first kappa shape index (κ1) is 14.4. The van der Waals surface area contributed by atoms with E-state index in [-0.39, 0.29) is 0 Å². The van der Waals surface area contributed by atoms with Crippen molar-refractivity contribution in [1.82, 2.24) is 4.98 Å². The lowest BCUT2D eigenvalue weighted by atomic mass is 10.2. The van der Waals surface area contributed by atoms with Gasteiger partial charge in [-0.15, -0.1) is 11.8 Å². The van der Waals surface area contributed by atoms with Gasteiger partial charge in [0, 0.05) is 23.3 Å². The van der Waals surface area contributed by atoms with Gasteiger partial charge in [0.15, 0.2) is 11.5 Å². The van der Waals surface area contributed by atoms with Gasteiger partial charge in [0.25, 0.3) is 0 Å². The van der Waals surface area contributed by atoms with Crippen LogP contribution in [0.5, 0.6) is 11.5 Å². The highest BCUT2D eigenvalue weighted by Gasteiger charge is 2.15. The van der Waals surface area contributed by atoms with E-state index in [2.05, 4.69) is 4.98 Å². The number of hydrogen-bond acceptors (Lipinski definition) is 5. The van der Waals surface area contributed by atoms with Crippen LogP contribution in [0.1, 0.15) is 12.0 Å². The molecule has 3 rings (SSSR count). The van der Waals surface area contributed by atoms with Gasteiger partial charge in [0.1, 0.15) is 5.82 Å². The highest BCUT2D eigenvalue weighted by Crippen LogP contribution is 2.39. The summed E-state index contributed by atoms with van der Waals surface area (Å²) in [5, 5.41) is 0.598. The zero-order valence-corrected chi connectivity index (χ0v) is 12.9. The highest BCUT2D eigenvalue weighted by molar-refractivity contribution is 7.98. The molecule has 0 atom stereocenters. The fourth-order valence-electron chi connectivity index (χ4n) is 2.01. The van der Waals surface area contributed by atoms with Gasteiger partial charge in [-0.2, -0.15) is 0 Å². The third-order valence-corrected chi connectivity index (χ3v) is 4.36. The van der Waals surface area contributed by atoms with Gasteiger partial charge in [0.05, 0.1) is 18.2 Å². The minimum Gasteiger partial charge on any atom is -0.489 e. The van der Waals surface area contributed by atoms with Gasteiger partial charge < -0.3 is 15.2 Å². The number of benzene rings is 1. The van der Waals surface area contributed by atoms with Gasteiger partial charge in [-0.25, -0.2) is 4.98 Å². The molecule has 0 radical (unpaired) electrons. The minimum absolute atomic E-state index is 0.526. The molecule has 0 amide bonds. The third-order valence-electron chi connectivity index (χ3n) is 3.03. The maximum atomic E-state index is 6.28. The summed E-state index contributed by atoms with van der Waals surface area (Å²) in [6.45, 7) is 1.29. The number of fused-ring (bicyclic) bond motifs is 1. The van der Waals surface area contributed by atoms with Crippen molar-refractivity contribution in [3.05, 3.63) is 41.0 Å². The van der Waals surface area contributed by atoms with Crippen LogP contribution in [0, 0.1) is 0 Å². The van der Waals surface area contributed by atoms with E-state index < -0.39 is 0 Å². The average molecular weight is 323 g/mol. The Morgan fingerprint density at radius 3 is 2.90 bits per heavy atom. The highest BCUT2D eigenvalue weighted by atomic mass is 35.5. The van der Waals surface area contributed by atoms with Crippen molar-refractivity contribution in [2.45, 2.75) is 17.1 Å². The third kappa shape index (κ3) is 3.54. The Balaban J connectivity index is 1.75. The first-order valence-corrected chi connectivity index (χ1v) is 8.01. The topological polar surface area (TPSA) is 57.4 Å². The Hall–Kier alpha value is -1.59. The van der Waals surface area contributed by atoms with Crippen molar-refractivity contribution >= 4 is 29.2 Å². The molecular weight excluding hydrogens is 308 g/mol. The van der Waals surface area contributed by atoms with Crippen LogP contribution >= 0.6 is 23.4 Å². The standard InChI is InChI=1S/C15H15ClN2O2S/c16-12-6-10(7-13-15(12)20-5-1-4-19-13)9-21-11-2-3-14(17)18-8-11/h2-3,6-8H,1,4-5,9H2,(H2,17,18). The molecule has 0 saturated heterocycles. The van der Waals surface area contributed by atoms with E-state index in [1.807, 2.05) is 18.2 Å². The minimum atomic E-state index is 0.526. The molecule has 1 aromatic carbocycles. The van der Waals surface area contributed by atoms with Crippen LogP contribution < -0.4 is 15.2 Å². The largest absolute Gasteiger partial charge is 0.489 e. The van der Waals surface area contributed by atoms with Gasteiger partial charge >= 0.3 is 0 Å². The van der Waals surface area contributed by atoms with E-state index >= 15 is 0 Å². The SMILES string of the molecule is Nc1ccc(SCc2cc(Cl)c3c(c2)OCCCO3)cn1. The molecule has 0 saturated carbocycles. The molecule has 2 aromatic rings. The first-order valence-electron chi connectivity index (χ1n) is 6.65. The van der Waals surface area contributed by atoms with Crippen molar-refractivity contribution in [3.8, 4) is 11.5 Å². The number of hydrogen-bond donors (Lipinski definition) is 1. The van der Waals surface area contributed by atoms with Crippen LogP contribution in [0.25, 0.3) is 0 Å². The molecule has 0 unspecified atom stereocenters. The summed E-state index contributed by atoms with van der Waals surface area (Å²) in [7, 11) is 0. The lowest BCUT2D eigenvalue weighted by Crippen LogP contribution is -1.97. The molecule has 0 bridgehead atoms. The number of rotatable bonds is 3. The van der Waals surface area contributed by atoms with Crippen molar-refractivity contribution in [2.75, 3.05) is 18.9 Å². The molecule has 1 aromatic heterocycles. The molecule has 21 heavy (non-hydrogen) atoms. The second-order valence-electron chi connectivity index (χ2n) is 4.66. The van der Waals surface area contributed by atoms with Gasteiger partial charge in [0.2, 0.25) is 0 Å². The van der Waals surface area contributed by atoms with Crippen LogP contribution in [0.15, 0.2) is 35.4 Å². The summed E-state index contributed by atoms with van der Waals surface area (Å²) in [4.78, 5) is 5.14. The predicted molar refractivity (Wildman–Crippen MR) is 85.3 cm³/mol. The van der Waals surface area contributed by atoms with Crippen LogP contribution in [-0.4, -0.2) is 18.2 Å². The number of nitrogen functional groups attached to an aromatic ring is 1. The van der Waals surface area contributed by atoms with E-state index in [0.717, 1.165) is 28.4 Å². The lowest BCUT2D eigenvalue weighted by molar-refractivity contribution is 0.297. The first-order chi connectivity index (χ1) is 10.2. The monoisotopic (exact) mass is 322 g/mol. The maximum Gasteiger partial charge on any atom is 0.179 e. The summed E-state index contributed by atoms with van der Waals surface area (Å²) in [6, 6.07) is 7.66. The Kier molecular flexibility index (Phi) is 4.41. The summed E-state index contributed by atoms with van der Waals surface area (Å²) >= 11 is 7.95. The summed E-state index contributed by atoms with van der Waals surface area (Å²) in [5.74, 6) is 2.68. The van der Waals surface area contributed by atoms with E-state index in [0.29, 0.717) is 29.8 Å². The zero-order chi connectivity index (χ0) is 14.7. The Bertz CT molecular complexity index is 634. The van der Waals surface area contributed by atoms with Gasteiger partial charge in [-0.1, -0.05) is 11.6 Å². The van der Waals surface area contributed by atoms with E-state index in [9.17, 15) is 0 Å². The van der Waals surface area contributed by atoms with Gasteiger partial charge in [-0.05, 0) is 29.8 Å². The number of nitrogens with zero attached hydrogens (tertiary/aromatic N) is 1. The van der Waals surface area contributed by atoms with Crippen LogP contribution in [-0.2, 0) is 5.75 Å². The normalized spacial score (nSPS) is 13.8. The van der Waals surface area contributed by atoms with Crippen molar-refractivity contribution in [1.29, 1.82) is 0 Å². The fourth-order valence-corrected chi connectivity index (χ4v) is 3.09. The fraction of sp³-hybridized carbons (Fsp3) is 0.267. The number of pyridine rings is 1. The smallest absolute Gasteiger partial charge is 0.179 e. The molecular formula is C15H15ClN2O2S. The lowest BCUT2D eigenvalue weighted by Gasteiger charge is -2.11. The number of ether oxygens (including phenoxy) is 2. The molecule has 1 aliphatic heterocycles. The molecule has 2 heterocycles. The van der Waals surface area contributed by atoms with Crippen molar-refractivity contribution in [2.24, 2.45) is 0 Å². The molecule has 1 aliphatic rings. The zero-order valence-electron chi connectivity index (χ0n) is 11.3. The maximum absolute atomic E-state index is 6.28. The van der Waals surface area contributed by atoms with Crippen molar-refractivity contribution < 1.29 is 9.47 Å². The molecule has 0 spiro atoms. The molecule has 4 nitrogen and oxygen atoms in total. The average Bonchev–Trinajstić information content (AvgIpc) is 2.72. The summed E-state index contributed by atoms with van der Waals surface area (Å²) < 4.78 is 11.3. The van der Waals surface area contributed by atoms with E-state index in [1.165, 1.54) is 0 Å². The van der Waals surface area contributed by atoms with Crippen LogP contribution in [0.3, 0.4) is 0 Å². The predicted octanol–water partition coefficient (Wildman–Crippen LogP) is 3.77. The van der Waals surface area contributed by atoms with Crippen molar-refractivity contribution in [3.63, 3.8) is 0 Å². The Morgan fingerprint density at radius 1 is 1.24 bits per heavy atom. The number of halogens is 1. The van der Waals surface area contributed by atoms with E-state index in [1.54, 1.807) is 24.0 Å². The van der Waals surface area contributed by atoms with Crippen LogP contribution in [0.2, 0.25) is 5.02 Å². The summed E-state index contributed by atoms with van der Waals surface area (Å²) in [6.07, 6.45) is 2.64. The van der Waals surface area contributed by atoms with Gasteiger partial charge in [-0.3, -0.25) is 0 Å². The summed E-state index contributed by atoms with van der Waals surface area (Å²) in [5.41, 5.74) is 6.67. The van der Waals surface area contributed by atoms with E-state index in [4.69, 9.17) is 26.8 Å². The number of nitrogens with two attached hydrogens (primary N) is 1. The second kappa shape index (κ2) is 6.45. The molecule has 6 heteroatoms. The molecule has 110 valence electrons. The Labute approximate surface area is 132 Å². The molecule has 0 aliphatic carbocycles. The number of thioether (sulfide) groups is 1. The Morgan fingerprint density at radius 2 is 2.10 bits per heavy atom. The second-order valence-corrected chi connectivity index (χ2v) is 6.12. The number of aromatic nitrogens is 1. The molecule has 2 N–H and O–H groups in total. The van der Waals surface area contributed by atoms with Crippen LogP contribution in [0.4, 0.5) is 5.82 Å². The number of anilines is 1. The molecule has 0 fully saturated rings. The quantitative estimate of drug-likeness (QED) is 0.872.